The maximum atomic E-state index is 13.7. The van der Waals surface area contributed by atoms with Crippen LogP contribution in [0.15, 0.2) is 23.4 Å². The molecule has 2 rings (SSSR count). The first-order valence-electron chi connectivity index (χ1n) is 6.18. The van der Waals surface area contributed by atoms with E-state index in [2.05, 4.69) is 10.5 Å². The molecule has 1 aliphatic carbocycles. The molecule has 0 aromatic heterocycles. The lowest BCUT2D eigenvalue weighted by Gasteiger charge is -2.24. The number of anilines is 1. The Kier molecular flexibility index (Phi) is 3.99. The van der Waals surface area contributed by atoms with Gasteiger partial charge in [0.2, 0.25) is 5.91 Å². The quantitative estimate of drug-likeness (QED) is 0.337. The number of nitrogens with zero attached hydrogens (tertiary/aromatic N) is 1. The zero-order chi connectivity index (χ0) is 13.8. The molecule has 19 heavy (non-hydrogen) atoms. The summed E-state index contributed by atoms with van der Waals surface area (Å²) in [6.45, 7) is 0. The fourth-order valence-electron chi connectivity index (χ4n) is 2.10. The van der Waals surface area contributed by atoms with E-state index in [4.69, 9.17) is 10.9 Å². The summed E-state index contributed by atoms with van der Waals surface area (Å²) in [5.74, 6) is -0.767. The number of amidine groups is 1. The van der Waals surface area contributed by atoms with Crippen molar-refractivity contribution in [3.63, 3.8) is 0 Å². The summed E-state index contributed by atoms with van der Waals surface area (Å²) in [5.41, 5.74) is 5.55. The van der Waals surface area contributed by atoms with Gasteiger partial charge in [-0.3, -0.25) is 4.79 Å². The largest absolute Gasteiger partial charge is 0.409 e. The number of carbonyl (C=O) groups is 1. The molecule has 1 fully saturated rings. The molecule has 1 amide bonds. The van der Waals surface area contributed by atoms with Gasteiger partial charge in [0.15, 0.2) is 5.84 Å². The summed E-state index contributed by atoms with van der Waals surface area (Å²) in [5, 5.41) is 14.0. The highest BCUT2D eigenvalue weighted by Gasteiger charge is 2.22. The Labute approximate surface area is 110 Å². The van der Waals surface area contributed by atoms with E-state index in [1.54, 1.807) is 0 Å². The molecule has 0 aliphatic heterocycles. The van der Waals surface area contributed by atoms with Crippen LogP contribution in [0.5, 0.6) is 0 Å². The standard InChI is InChI=1S/C13H16FN3O2/c14-9-5-2-6-10(12(9)13(15)17-19)16-11(18)7-8-3-1-4-8/h2,5-6,8,19H,1,3-4,7H2,(H2,15,17)(H,16,18). The van der Waals surface area contributed by atoms with Crippen molar-refractivity contribution in [2.45, 2.75) is 25.7 Å². The maximum Gasteiger partial charge on any atom is 0.224 e. The van der Waals surface area contributed by atoms with Gasteiger partial charge in [-0.25, -0.2) is 4.39 Å². The fourth-order valence-corrected chi connectivity index (χ4v) is 2.10. The number of carbonyl (C=O) groups excluding carboxylic acids is 1. The maximum absolute atomic E-state index is 13.7. The molecule has 0 spiro atoms. The van der Waals surface area contributed by atoms with E-state index in [1.807, 2.05) is 0 Å². The lowest BCUT2D eigenvalue weighted by molar-refractivity contribution is -0.117. The Morgan fingerprint density at radius 3 is 2.84 bits per heavy atom. The summed E-state index contributed by atoms with van der Waals surface area (Å²) in [6, 6.07) is 4.17. The van der Waals surface area contributed by atoms with Crippen LogP contribution in [0.2, 0.25) is 0 Å². The molecule has 1 aromatic rings. The predicted octanol–water partition coefficient (Wildman–Crippen LogP) is 2.05. The van der Waals surface area contributed by atoms with Gasteiger partial charge in [-0.05, 0) is 30.9 Å². The van der Waals surface area contributed by atoms with Crippen molar-refractivity contribution in [1.82, 2.24) is 0 Å². The minimum Gasteiger partial charge on any atom is -0.409 e. The fraction of sp³-hybridized carbons (Fsp3) is 0.385. The van der Waals surface area contributed by atoms with E-state index in [1.165, 1.54) is 18.2 Å². The summed E-state index contributed by atoms with van der Waals surface area (Å²) < 4.78 is 13.7. The third kappa shape index (κ3) is 3.01. The second-order valence-electron chi connectivity index (χ2n) is 4.70. The molecule has 0 atom stereocenters. The first-order chi connectivity index (χ1) is 9.11. The SMILES string of the molecule is N/C(=N/O)c1c(F)cccc1NC(=O)CC1CCC1. The minimum absolute atomic E-state index is 0.0908. The predicted molar refractivity (Wildman–Crippen MR) is 69.5 cm³/mol. The molecule has 5 nitrogen and oxygen atoms in total. The summed E-state index contributed by atoms with van der Waals surface area (Å²) >= 11 is 0. The van der Waals surface area contributed by atoms with E-state index < -0.39 is 5.82 Å². The Balaban J connectivity index is 2.14. The Bertz CT molecular complexity index is 513. The van der Waals surface area contributed by atoms with Crippen molar-refractivity contribution in [1.29, 1.82) is 0 Å². The summed E-state index contributed by atoms with van der Waals surface area (Å²) in [7, 11) is 0. The van der Waals surface area contributed by atoms with Crippen molar-refractivity contribution in [3.8, 4) is 0 Å². The highest BCUT2D eigenvalue weighted by molar-refractivity contribution is 6.05. The average Bonchev–Trinajstić information content (AvgIpc) is 2.33. The van der Waals surface area contributed by atoms with Gasteiger partial charge in [0, 0.05) is 6.42 Å². The van der Waals surface area contributed by atoms with Crippen molar-refractivity contribution in [2.75, 3.05) is 5.32 Å². The second-order valence-corrected chi connectivity index (χ2v) is 4.70. The van der Waals surface area contributed by atoms with Crippen LogP contribution in [0, 0.1) is 11.7 Å². The smallest absolute Gasteiger partial charge is 0.224 e. The number of hydrogen-bond acceptors (Lipinski definition) is 3. The van der Waals surface area contributed by atoms with Crippen LogP contribution in [0.1, 0.15) is 31.2 Å². The molecule has 1 aliphatic rings. The van der Waals surface area contributed by atoms with E-state index in [0.29, 0.717) is 12.3 Å². The average molecular weight is 265 g/mol. The molecular formula is C13H16FN3O2. The summed E-state index contributed by atoms with van der Waals surface area (Å²) in [4.78, 5) is 11.8. The number of benzene rings is 1. The van der Waals surface area contributed by atoms with Gasteiger partial charge in [0.1, 0.15) is 5.82 Å². The Morgan fingerprint density at radius 1 is 1.53 bits per heavy atom. The molecular weight excluding hydrogens is 249 g/mol. The van der Waals surface area contributed by atoms with Crippen LogP contribution in [-0.2, 0) is 4.79 Å². The molecule has 0 unspecified atom stereocenters. The number of halogens is 1. The van der Waals surface area contributed by atoms with Gasteiger partial charge in [-0.1, -0.05) is 17.6 Å². The van der Waals surface area contributed by atoms with Crippen LogP contribution in [0.4, 0.5) is 10.1 Å². The van der Waals surface area contributed by atoms with Gasteiger partial charge >= 0.3 is 0 Å². The lowest BCUT2D eigenvalue weighted by Crippen LogP contribution is -2.23. The first kappa shape index (κ1) is 13.3. The number of oxime groups is 1. The van der Waals surface area contributed by atoms with Crippen LogP contribution < -0.4 is 11.1 Å². The Hall–Kier alpha value is -2.11. The molecule has 6 heteroatoms. The molecule has 0 heterocycles. The number of hydrogen-bond donors (Lipinski definition) is 3. The molecule has 102 valence electrons. The lowest BCUT2D eigenvalue weighted by atomic mass is 9.83. The summed E-state index contributed by atoms with van der Waals surface area (Å²) in [6.07, 6.45) is 3.70. The molecule has 4 N–H and O–H groups in total. The van der Waals surface area contributed by atoms with Gasteiger partial charge in [-0.15, -0.1) is 0 Å². The zero-order valence-electron chi connectivity index (χ0n) is 10.4. The monoisotopic (exact) mass is 265 g/mol. The third-order valence-electron chi connectivity index (χ3n) is 3.35. The highest BCUT2D eigenvalue weighted by Crippen LogP contribution is 2.30. The van der Waals surface area contributed by atoms with Crippen molar-refractivity contribution in [2.24, 2.45) is 16.8 Å². The molecule has 0 bridgehead atoms. The topological polar surface area (TPSA) is 87.7 Å². The number of nitrogens with one attached hydrogen (secondary N) is 1. The van der Waals surface area contributed by atoms with E-state index in [-0.39, 0.29) is 23.0 Å². The van der Waals surface area contributed by atoms with Gasteiger partial charge in [-0.2, -0.15) is 0 Å². The van der Waals surface area contributed by atoms with Crippen LogP contribution in [-0.4, -0.2) is 17.0 Å². The van der Waals surface area contributed by atoms with E-state index >= 15 is 0 Å². The number of nitrogens with two attached hydrogens (primary N) is 1. The van der Waals surface area contributed by atoms with Crippen LogP contribution in [0.3, 0.4) is 0 Å². The Morgan fingerprint density at radius 2 is 2.26 bits per heavy atom. The third-order valence-corrected chi connectivity index (χ3v) is 3.35. The van der Waals surface area contributed by atoms with Gasteiger partial charge in [0.25, 0.3) is 0 Å². The second kappa shape index (κ2) is 5.69. The highest BCUT2D eigenvalue weighted by atomic mass is 19.1. The molecule has 1 saturated carbocycles. The van der Waals surface area contributed by atoms with Crippen molar-refractivity contribution < 1.29 is 14.4 Å². The normalized spacial score (nSPS) is 15.9. The van der Waals surface area contributed by atoms with Gasteiger partial charge in [0.05, 0.1) is 11.3 Å². The molecule has 0 radical (unpaired) electrons. The van der Waals surface area contributed by atoms with Crippen LogP contribution in [0.25, 0.3) is 0 Å². The zero-order valence-corrected chi connectivity index (χ0v) is 10.4. The molecule has 0 saturated heterocycles. The van der Waals surface area contributed by atoms with E-state index in [0.717, 1.165) is 19.3 Å². The van der Waals surface area contributed by atoms with Gasteiger partial charge < -0.3 is 16.3 Å². The number of rotatable bonds is 4. The number of amides is 1. The van der Waals surface area contributed by atoms with Crippen molar-refractivity contribution >= 4 is 17.4 Å². The van der Waals surface area contributed by atoms with Crippen molar-refractivity contribution in [3.05, 3.63) is 29.6 Å². The van der Waals surface area contributed by atoms with Crippen LogP contribution >= 0.6 is 0 Å². The van der Waals surface area contributed by atoms with E-state index in [9.17, 15) is 9.18 Å². The first-order valence-corrected chi connectivity index (χ1v) is 6.18. The molecule has 1 aromatic carbocycles. The minimum atomic E-state index is -0.642.